The molecule has 8 aromatic rings. The topological polar surface area (TPSA) is 46.5 Å². The summed E-state index contributed by atoms with van der Waals surface area (Å²) in [6.07, 6.45) is 3.64. The van der Waals surface area contributed by atoms with Gasteiger partial charge < -0.3 is 4.98 Å². The van der Waals surface area contributed by atoms with Crippen LogP contribution < -0.4 is 0 Å². The summed E-state index contributed by atoms with van der Waals surface area (Å²) in [6, 6.07) is 41.1. The Morgan fingerprint density at radius 1 is 0.561 bits per heavy atom. The van der Waals surface area contributed by atoms with E-state index < -0.39 is 0 Å². The van der Waals surface area contributed by atoms with Crippen molar-refractivity contribution in [1.29, 1.82) is 0 Å². The highest BCUT2D eigenvalue weighted by Gasteiger charge is 2.14. The third kappa shape index (κ3) is 5.80. The monoisotopic (exact) mass is 772 g/mol. The highest BCUT2D eigenvalue weighted by atomic mass is 127. The molecule has 0 unspecified atom stereocenters. The molecule has 4 heterocycles. The first-order chi connectivity index (χ1) is 20.1. The molecule has 200 valence electrons. The fourth-order valence-electron chi connectivity index (χ4n) is 4.81. The van der Waals surface area contributed by atoms with Crippen LogP contribution in [-0.2, 0) is 0 Å². The van der Waals surface area contributed by atoms with Crippen molar-refractivity contribution in [2.45, 2.75) is 0 Å². The summed E-state index contributed by atoms with van der Waals surface area (Å²) in [5, 5.41) is 4.77. The Hall–Kier alpha value is -3.53. The molecule has 7 heteroatoms. The molecule has 4 aromatic heterocycles. The number of nitrogens with one attached hydrogen (secondary N) is 1. The molecule has 0 radical (unpaired) electrons. The standard InChI is InChI=1S/C17H11BrN2.C11H7BrN2.C6H5I/c18-15-10-4-8-13-14-9-5-11-19-17(14)20(16(13)15)12-6-2-1-3-7-12;12-9-5-1-3-7-8-4-2-6-13-11(8)14-10(7)9;7-6-4-2-1-3-5-6/h1-11H;1-6H,(H,13,14);1-5H. The molecule has 8 rings (SSSR count). The first-order valence-electron chi connectivity index (χ1n) is 12.9. The summed E-state index contributed by atoms with van der Waals surface area (Å²) in [5.41, 5.74) is 5.32. The van der Waals surface area contributed by atoms with Gasteiger partial charge >= 0.3 is 0 Å². The van der Waals surface area contributed by atoms with Crippen LogP contribution in [0.5, 0.6) is 0 Å². The van der Waals surface area contributed by atoms with Crippen LogP contribution in [0.2, 0.25) is 0 Å². The SMILES string of the molecule is Brc1cccc2c1[nH]c1ncccc12.Brc1cccc2c3cccnc3n(-c3ccccc3)c12.Ic1ccccc1. The van der Waals surface area contributed by atoms with Gasteiger partial charge in [0.25, 0.3) is 0 Å². The van der Waals surface area contributed by atoms with E-state index in [4.69, 9.17) is 0 Å². The number of para-hydroxylation sites is 3. The minimum absolute atomic E-state index is 0.939. The minimum atomic E-state index is 0.939. The number of H-pyrrole nitrogens is 1. The van der Waals surface area contributed by atoms with Crippen molar-refractivity contribution < 1.29 is 0 Å². The van der Waals surface area contributed by atoms with Gasteiger partial charge in [-0.15, -0.1) is 0 Å². The lowest BCUT2D eigenvalue weighted by Crippen LogP contribution is -1.95. The van der Waals surface area contributed by atoms with Crippen LogP contribution in [-0.4, -0.2) is 19.5 Å². The number of aromatic nitrogens is 4. The van der Waals surface area contributed by atoms with E-state index in [2.05, 4.69) is 135 Å². The number of hydrogen-bond donors (Lipinski definition) is 1. The van der Waals surface area contributed by atoms with Gasteiger partial charge in [-0.2, -0.15) is 0 Å². The van der Waals surface area contributed by atoms with E-state index in [9.17, 15) is 0 Å². The highest BCUT2D eigenvalue weighted by molar-refractivity contribution is 14.1. The Labute approximate surface area is 267 Å². The summed E-state index contributed by atoms with van der Waals surface area (Å²) in [7, 11) is 0. The Bertz CT molecular complexity index is 2090. The average Bonchev–Trinajstić information content (AvgIpc) is 3.57. The number of aromatic amines is 1. The predicted octanol–water partition coefficient (Wildman–Crippen LogP) is 10.7. The summed E-state index contributed by atoms with van der Waals surface area (Å²) in [5.74, 6) is 0. The first kappa shape index (κ1) is 27.6. The van der Waals surface area contributed by atoms with Gasteiger partial charge in [0.05, 0.1) is 11.0 Å². The van der Waals surface area contributed by atoms with Gasteiger partial charge in [0.2, 0.25) is 0 Å². The van der Waals surface area contributed by atoms with E-state index in [0.29, 0.717) is 0 Å². The van der Waals surface area contributed by atoms with Crippen LogP contribution in [0.4, 0.5) is 0 Å². The van der Waals surface area contributed by atoms with Crippen LogP contribution in [0.15, 0.2) is 143 Å². The summed E-state index contributed by atoms with van der Waals surface area (Å²) in [6.45, 7) is 0. The van der Waals surface area contributed by atoms with Crippen molar-refractivity contribution in [3.63, 3.8) is 0 Å². The molecule has 0 saturated carbocycles. The number of rotatable bonds is 1. The van der Waals surface area contributed by atoms with E-state index in [1.165, 1.54) is 25.1 Å². The summed E-state index contributed by atoms with van der Waals surface area (Å²) < 4.78 is 5.65. The Morgan fingerprint density at radius 3 is 1.88 bits per heavy atom. The first-order valence-corrected chi connectivity index (χ1v) is 15.6. The number of hydrogen-bond acceptors (Lipinski definition) is 2. The van der Waals surface area contributed by atoms with Crippen molar-refractivity contribution in [3.8, 4) is 5.69 Å². The van der Waals surface area contributed by atoms with Gasteiger partial charge in [0.15, 0.2) is 0 Å². The largest absolute Gasteiger partial charge is 0.338 e. The third-order valence-electron chi connectivity index (χ3n) is 6.60. The second-order valence-corrected chi connectivity index (χ2v) is 12.1. The Balaban J connectivity index is 0.000000124. The van der Waals surface area contributed by atoms with Gasteiger partial charge in [-0.3, -0.25) is 4.57 Å². The van der Waals surface area contributed by atoms with Gasteiger partial charge in [-0.1, -0.05) is 60.7 Å². The molecule has 0 spiro atoms. The lowest BCUT2D eigenvalue weighted by atomic mass is 10.2. The van der Waals surface area contributed by atoms with E-state index >= 15 is 0 Å². The maximum atomic E-state index is 4.58. The van der Waals surface area contributed by atoms with Crippen LogP contribution in [0.25, 0.3) is 49.6 Å². The second kappa shape index (κ2) is 12.5. The number of nitrogens with zero attached hydrogens (tertiary/aromatic N) is 3. The number of fused-ring (bicyclic) bond motifs is 6. The summed E-state index contributed by atoms with van der Waals surface area (Å²) in [4.78, 5) is 12.1. The van der Waals surface area contributed by atoms with Crippen molar-refractivity contribution in [2.75, 3.05) is 0 Å². The molecule has 0 amide bonds. The molecule has 0 atom stereocenters. The zero-order valence-corrected chi connectivity index (χ0v) is 27.0. The van der Waals surface area contributed by atoms with Gasteiger partial charge in [0, 0.05) is 52.1 Å². The molecule has 1 N–H and O–H groups in total. The van der Waals surface area contributed by atoms with E-state index in [0.717, 1.165) is 37.0 Å². The Kier molecular flexibility index (Phi) is 8.46. The second-order valence-electron chi connectivity index (χ2n) is 9.16. The van der Waals surface area contributed by atoms with Gasteiger partial charge in [-0.05, 0) is 115 Å². The molecular formula is C34H23Br2IN4. The highest BCUT2D eigenvalue weighted by Crippen LogP contribution is 2.35. The lowest BCUT2D eigenvalue weighted by molar-refractivity contribution is 1.13. The lowest BCUT2D eigenvalue weighted by Gasteiger charge is -2.07. The molecule has 0 saturated heterocycles. The number of pyridine rings is 2. The molecule has 0 bridgehead atoms. The normalized spacial score (nSPS) is 10.8. The summed E-state index contributed by atoms with van der Waals surface area (Å²) >= 11 is 9.47. The van der Waals surface area contributed by atoms with Crippen LogP contribution >= 0.6 is 54.5 Å². The van der Waals surface area contributed by atoms with Crippen molar-refractivity contribution in [2.24, 2.45) is 0 Å². The number of benzene rings is 4. The molecule has 4 nitrogen and oxygen atoms in total. The van der Waals surface area contributed by atoms with Gasteiger partial charge in [0.1, 0.15) is 11.3 Å². The Morgan fingerprint density at radius 2 is 1.17 bits per heavy atom. The predicted molar refractivity (Wildman–Crippen MR) is 187 cm³/mol. The molecule has 0 fully saturated rings. The van der Waals surface area contributed by atoms with E-state index in [-0.39, 0.29) is 0 Å². The fraction of sp³-hybridized carbons (Fsp3) is 0. The third-order valence-corrected chi connectivity index (χ3v) is 8.62. The van der Waals surface area contributed by atoms with Crippen LogP contribution in [0.3, 0.4) is 0 Å². The zero-order chi connectivity index (χ0) is 28.2. The fourth-order valence-corrected chi connectivity index (χ4v) is 6.23. The maximum Gasteiger partial charge on any atom is 0.145 e. The smallest absolute Gasteiger partial charge is 0.145 e. The molecule has 0 aliphatic rings. The van der Waals surface area contributed by atoms with Crippen molar-refractivity contribution in [3.05, 3.63) is 146 Å². The van der Waals surface area contributed by atoms with Crippen molar-refractivity contribution in [1.82, 2.24) is 19.5 Å². The van der Waals surface area contributed by atoms with E-state index in [1.54, 1.807) is 6.20 Å². The molecular weight excluding hydrogens is 751 g/mol. The molecule has 0 aliphatic heterocycles. The van der Waals surface area contributed by atoms with Crippen LogP contribution in [0, 0.1) is 3.57 Å². The van der Waals surface area contributed by atoms with Gasteiger partial charge in [-0.25, -0.2) is 9.97 Å². The molecule has 4 aromatic carbocycles. The average molecular weight is 774 g/mol. The minimum Gasteiger partial charge on any atom is -0.338 e. The molecule has 41 heavy (non-hydrogen) atoms. The quantitative estimate of drug-likeness (QED) is 0.169. The van der Waals surface area contributed by atoms with E-state index in [1.807, 2.05) is 66.9 Å². The maximum absolute atomic E-state index is 4.58. The van der Waals surface area contributed by atoms with Crippen LogP contribution in [0.1, 0.15) is 0 Å². The van der Waals surface area contributed by atoms with Crippen molar-refractivity contribution >= 4 is 98.3 Å². The zero-order valence-electron chi connectivity index (χ0n) is 21.7. The molecule has 0 aliphatic carbocycles. The number of halogens is 3.